The first-order valence-corrected chi connectivity index (χ1v) is 8.82. The Morgan fingerprint density at radius 3 is 2.79 bits per heavy atom. The number of urea groups is 1. The summed E-state index contributed by atoms with van der Waals surface area (Å²) >= 11 is 0. The standard InChI is InChI=1S/C18H25N5O/c1-13-5-6-14-15(12-13)20-17(19-14)16-4-3-7-23(16)18(24)22-10-8-21(2)9-11-22/h5-6,12,16H,3-4,7-11H2,1-2H3,(H,19,20)/t16-/m1/s1. The molecule has 1 atom stereocenters. The molecule has 6 heteroatoms. The van der Waals surface area contributed by atoms with Gasteiger partial charge in [0.2, 0.25) is 0 Å². The second-order valence-corrected chi connectivity index (χ2v) is 7.07. The summed E-state index contributed by atoms with van der Waals surface area (Å²) in [5.74, 6) is 0.926. The van der Waals surface area contributed by atoms with Crippen LogP contribution >= 0.6 is 0 Å². The van der Waals surface area contributed by atoms with Gasteiger partial charge in [-0.2, -0.15) is 0 Å². The minimum atomic E-state index is 0.0739. The molecule has 2 saturated heterocycles. The van der Waals surface area contributed by atoms with Gasteiger partial charge in [-0.15, -0.1) is 0 Å². The molecule has 0 saturated carbocycles. The molecule has 0 aliphatic carbocycles. The van der Waals surface area contributed by atoms with Gasteiger partial charge in [-0.3, -0.25) is 0 Å². The number of nitrogens with one attached hydrogen (secondary N) is 1. The van der Waals surface area contributed by atoms with Crippen LogP contribution in [-0.4, -0.2) is 70.5 Å². The van der Waals surface area contributed by atoms with E-state index in [-0.39, 0.29) is 12.1 Å². The first-order chi connectivity index (χ1) is 11.6. The maximum Gasteiger partial charge on any atom is 0.320 e. The first kappa shape index (κ1) is 15.4. The molecule has 0 spiro atoms. The molecular formula is C18H25N5O. The number of hydrogen-bond acceptors (Lipinski definition) is 3. The van der Waals surface area contributed by atoms with Crippen LogP contribution in [0.5, 0.6) is 0 Å². The van der Waals surface area contributed by atoms with E-state index >= 15 is 0 Å². The molecule has 2 aliphatic heterocycles. The number of likely N-dealkylation sites (tertiary alicyclic amines) is 1. The van der Waals surface area contributed by atoms with Crippen molar-refractivity contribution in [3.8, 4) is 0 Å². The number of aromatic amines is 1. The number of nitrogens with zero attached hydrogens (tertiary/aromatic N) is 4. The van der Waals surface area contributed by atoms with E-state index in [1.165, 1.54) is 5.56 Å². The first-order valence-electron chi connectivity index (χ1n) is 8.82. The highest BCUT2D eigenvalue weighted by atomic mass is 16.2. The topological polar surface area (TPSA) is 55.5 Å². The molecular weight excluding hydrogens is 302 g/mol. The van der Waals surface area contributed by atoms with Gasteiger partial charge < -0.3 is 19.7 Å². The Morgan fingerprint density at radius 2 is 2.00 bits per heavy atom. The summed E-state index contributed by atoms with van der Waals surface area (Å²) in [7, 11) is 2.11. The molecule has 6 nitrogen and oxygen atoms in total. The molecule has 3 heterocycles. The number of imidazole rings is 1. The van der Waals surface area contributed by atoms with Crippen molar-refractivity contribution in [3.63, 3.8) is 0 Å². The SMILES string of the molecule is Cc1ccc2nc([C@H]3CCCN3C(=O)N3CCN(C)CC3)[nH]c2c1. The largest absolute Gasteiger partial charge is 0.340 e. The van der Waals surface area contributed by atoms with Crippen LogP contribution in [0.25, 0.3) is 11.0 Å². The van der Waals surface area contributed by atoms with Crippen molar-refractivity contribution in [3.05, 3.63) is 29.6 Å². The Balaban J connectivity index is 1.56. The zero-order chi connectivity index (χ0) is 16.7. The van der Waals surface area contributed by atoms with E-state index in [9.17, 15) is 4.79 Å². The summed E-state index contributed by atoms with van der Waals surface area (Å²) in [6, 6.07) is 6.49. The quantitative estimate of drug-likeness (QED) is 0.875. The van der Waals surface area contributed by atoms with E-state index in [2.05, 4.69) is 36.0 Å². The molecule has 0 bridgehead atoms. The van der Waals surface area contributed by atoms with Gasteiger partial charge in [0.25, 0.3) is 0 Å². The fraction of sp³-hybridized carbons (Fsp3) is 0.556. The normalized spacial score (nSPS) is 22.5. The monoisotopic (exact) mass is 327 g/mol. The molecule has 1 N–H and O–H groups in total. The summed E-state index contributed by atoms with van der Waals surface area (Å²) in [5.41, 5.74) is 3.26. The maximum absolute atomic E-state index is 13.0. The Bertz CT molecular complexity index is 747. The number of aryl methyl sites for hydroxylation is 1. The van der Waals surface area contributed by atoms with Crippen LogP contribution in [0.15, 0.2) is 18.2 Å². The zero-order valence-corrected chi connectivity index (χ0v) is 14.5. The fourth-order valence-corrected chi connectivity index (χ4v) is 3.76. The van der Waals surface area contributed by atoms with Gasteiger partial charge in [-0.1, -0.05) is 6.07 Å². The Labute approximate surface area is 142 Å². The number of benzene rings is 1. The van der Waals surface area contributed by atoms with Crippen molar-refractivity contribution >= 4 is 17.1 Å². The number of amides is 2. The zero-order valence-electron chi connectivity index (χ0n) is 14.5. The summed E-state index contributed by atoms with van der Waals surface area (Å²) in [5, 5.41) is 0. The smallest absolute Gasteiger partial charge is 0.320 e. The van der Waals surface area contributed by atoms with Crippen molar-refractivity contribution in [2.45, 2.75) is 25.8 Å². The summed E-state index contributed by atoms with van der Waals surface area (Å²) in [6.45, 7) is 6.45. The van der Waals surface area contributed by atoms with Gasteiger partial charge in [-0.25, -0.2) is 9.78 Å². The van der Waals surface area contributed by atoms with Crippen LogP contribution in [0.3, 0.4) is 0 Å². The number of fused-ring (bicyclic) bond motifs is 1. The van der Waals surface area contributed by atoms with Crippen LogP contribution < -0.4 is 0 Å². The summed E-state index contributed by atoms with van der Waals surface area (Å²) in [6.07, 6.45) is 2.03. The average Bonchev–Trinajstić information content (AvgIpc) is 3.20. The second-order valence-electron chi connectivity index (χ2n) is 7.07. The number of H-pyrrole nitrogens is 1. The van der Waals surface area contributed by atoms with Gasteiger partial charge >= 0.3 is 6.03 Å². The number of piperazine rings is 1. The van der Waals surface area contributed by atoms with E-state index in [0.29, 0.717) is 0 Å². The van der Waals surface area contributed by atoms with Crippen molar-refractivity contribution in [2.24, 2.45) is 0 Å². The molecule has 1 aromatic heterocycles. The number of hydrogen-bond donors (Lipinski definition) is 1. The number of carbonyl (C=O) groups is 1. The minimum absolute atomic E-state index is 0.0739. The molecule has 4 rings (SSSR count). The Morgan fingerprint density at radius 1 is 1.21 bits per heavy atom. The predicted molar refractivity (Wildman–Crippen MR) is 94.0 cm³/mol. The van der Waals surface area contributed by atoms with E-state index in [0.717, 1.165) is 62.4 Å². The lowest BCUT2D eigenvalue weighted by Gasteiger charge is -2.36. The molecule has 1 aromatic carbocycles. The lowest BCUT2D eigenvalue weighted by atomic mass is 10.2. The van der Waals surface area contributed by atoms with E-state index in [1.807, 2.05) is 15.9 Å². The molecule has 2 aromatic rings. The predicted octanol–water partition coefficient (Wildman–Crippen LogP) is 2.38. The third kappa shape index (κ3) is 2.75. The van der Waals surface area contributed by atoms with Gasteiger partial charge in [0.1, 0.15) is 5.82 Å². The number of rotatable bonds is 1. The van der Waals surface area contributed by atoms with E-state index < -0.39 is 0 Å². The van der Waals surface area contributed by atoms with Crippen molar-refractivity contribution < 1.29 is 4.79 Å². The second kappa shape index (κ2) is 6.09. The lowest BCUT2D eigenvalue weighted by molar-refractivity contribution is 0.118. The number of likely N-dealkylation sites (N-methyl/N-ethyl adjacent to an activating group) is 1. The molecule has 2 aliphatic rings. The van der Waals surface area contributed by atoms with Gasteiger partial charge in [0, 0.05) is 32.7 Å². The maximum atomic E-state index is 13.0. The Kier molecular flexibility index (Phi) is 3.92. The molecule has 128 valence electrons. The van der Waals surface area contributed by atoms with Crippen LogP contribution in [0.1, 0.15) is 30.3 Å². The molecule has 0 radical (unpaired) electrons. The Hall–Kier alpha value is -2.08. The summed E-state index contributed by atoms with van der Waals surface area (Å²) < 4.78 is 0. The molecule has 2 fully saturated rings. The van der Waals surface area contributed by atoms with Crippen LogP contribution in [-0.2, 0) is 0 Å². The van der Waals surface area contributed by atoms with Crippen molar-refractivity contribution in [1.82, 2.24) is 24.7 Å². The van der Waals surface area contributed by atoms with Crippen LogP contribution in [0.4, 0.5) is 4.79 Å². The lowest BCUT2D eigenvalue weighted by Crippen LogP contribution is -2.51. The van der Waals surface area contributed by atoms with E-state index in [1.54, 1.807) is 0 Å². The van der Waals surface area contributed by atoms with Gasteiger partial charge in [0.15, 0.2) is 0 Å². The van der Waals surface area contributed by atoms with Gasteiger partial charge in [-0.05, 0) is 44.5 Å². The highest BCUT2D eigenvalue weighted by Crippen LogP contribution is 2.32. The molecule has 0 unspecified atom stereocenters. The summed E-state index contributed by atoms with van der Waals surface area (Å²) in [4.78, 5) is 27.4. The third-order valence-corrected chi connectivity index (χ3v) is 5.24. The third-order valence-electron chi connectivity index (χ3n) is 5.24. The minimum Gasteiger partial charge on any atom is -0.340 e. The van der Waals surface area contributed by atoms with Crippen molar-refractivity contribution in [2.75, 3.05) is 39.8 Å². The van der Waals surface area contributed by atoms with E-state index in [4.69, 9.17) is 4.98 Å². The van der Waals surface area contributed by atoms with Crippen LogP contribution in [0, 0.1) is 6.92 Å². The van der Waals surface area contributed by atoms with Gasteiger partial charge in [0.05, 0.1) is 17.1 Å². The van der Waals surface area contributed by atoms with Crippen LogP contribution in [0.2, 0.25) is 0 Å². The number of carbonyl (C=O) groups excluding carboxylic acids is 1. The van der Waals surface area contributed by atoms with Crippen molar-refractivity contribution in [1.29, 1.82) is 0 Å². The number of aromatic nitrogens is 2. The average molecular weight is 327 g/mol. The fourth-order valence-electron chi connectivity index (χ4n) is 3.76. The molecule has 24 heavy (non-hydrogen) atoms. The highest BCUT2D eigenvalue weighted by molar-refractivity contribution is 5.77. The molecule has 2 amide bonds. The highest BCUT2D eigenvalue weighted by Gasteiger charge is 2.35.